The molecule has 0 spiro atoms. The Morgan fingerprint density at radius 1 is 0.974 bits per heavy atom. The third kappa shape index (κ3) is 6.14. The Morgan fingerprint density at radius 3 is 2.50 bits per heavy atom. The second-order valence-corrected chi connectivity index (χ2v) is 10.2. The van der Waals surface area contributed by atoms with E-state index in [0.29, 0.717) is 42.5 Å². The van der Waals surface area contributed by atoms with Gasteiger partial charge in [0.15, 0.2) is 0 Å². The molecule has 0 N–H and O–H groups in total. The molecular weight excluding hydrogens is 498 g/mol. The fourth-order valence-electron chi connectivity index (χ4n) is 4.91. The Balaban J connectivity index is 1.32. The molecule has 38 heavy (non-hydrogen) atoms. The average Bonchev–Trinajstić information content (AvgIpc) is 2.95. The van der Waals surface area contributed by atoms with E-state index in [1.165, 1.54) is 0 Å². The highest BCUT2D eigenvalue weighted by atomic mass is 35.5. The standard InChI is InChI=1S/C31H30ClN3O3/c1-34(20-22-7-3-2-4-8-22)30(36)19-24-21-35(18-17-29(24)38-26-14-12-25(32)13-15-26)31(37)28-16-11-23-9-5-6-10-27(23)33-28/h2-16,24,29H,17-21H2,1H3/t24-,29-/m0/s1. The lowest BCUT2D eigenvalue weighted by atomic mass is 9.90. The van der Waals surface area contributed by atoms with E-state index < -0.39 is 0 Å². The largest absolute Gasteiger partial charge is 0.490 e. The molecule has 2 heterocycles. The highest BCUT2D eigenvalue weighted by Crippen LogP contribution is 2.28. The van der Waals surface area contributed by atoms with Crippen LogP contribution < -0.4 is 4.74 Å². The second-order valence-electron chi connectivity index (χ2n) is 9.74. The summed E-state index contributed by atoms with van der Waals surface area (Å²) in [5, 5.41) is 1.62. The van der Waals surface area contributed by atoms with Crippen molar-refractivity contribution >= 4 is 34.3 Å². The summed E-state index contributed by atoms with van der Waals surface area (Å²) < 4.78 is 6.33. The maximum atomic E-state index is 13.5. The quantitative estimate of drug-likeness (QED) is 0.302. The van der Waals surface area contributed by atoms with Gasteiger partial charge in [-0.05, 0) is 42.0 Å². The zero-order chi connectivity index (χ0) is 26.5. The molecule has 1 aromatic heterocycles. The molecule has 1 aliphatic rings. The molecule has 1 aliphatic heterocycles. The Bertz CT molecular complexity index is 1410. The molecule has 7 heteroatoms. The van der Waals surface area contributed by atoms with Gasteiger partial charge in [-0.1, -0.05) is 66.2 Å². The van der Waals surface area contributed by atoms with Gasteiger partial charge in [-0.25, -0.2) is 4.98 Å². The monoisotopic (exact) mass is 527 g/mol. The van der Waals surface area contributed by atoms with E-state index in [2.05, 4.69) is 4.98 Å². The molecule has 2 amide bonds. The van der Waals surface area contributed by atoms with Crippen molar-refractivity contribution in [2.24, 2.45) is 5.92 Å². The van der Waals surface area contributed by atoms with Gasteiger partial charge in [0.1, 0.15) is 17.5 Å². The highest BCUT2D eigenvalue weighted by molar-refractivity contribution is 6.30. The molecule has 0 saturated carbocycles. The van der Waals surface area contributed by atoms with Gasteiger partial charge in [-0.2, -0.15) is 0 Å². The van der Waals surface area contributed by atoms with Gasteiger partial charge >= 0.3 is 0 Å². The van der Waals surface area contributed by atoms with Crippen molar-refractivity contribution in [3.8, 4) is 5.75 Å². The first-order valence-electron chi connectivity index (χ1n) is 12.8. The van der Waals surface area contributed by atoms with Crippen molar-refractivity contribution in [1.82, 2.24) is 14.8 Å². The predicted octanol–water partition coefficient (Wildman–Crippen LogP) is 5.85. The van der Waals surface area contributed by atoms with Crippen LogP contribution in [0, 0.1) is 5.92 Å². The van der Waals surface area contributed by atoms with Crippen molar-refractivity contribution in [1.29, 1.82) is 0 Å². The lowest BCUT2D eigenvalue weighted by Gasteiger charge is -2.38. The van der Waals surface area contributed by atoms with Crippen molar-refractivity contribution in [3.05, 3.63) is 107 Å². The number of likely N-dealkylation sites (tertiary alicyclic amines) is 1. The van der Waals surface area contributed by atoms with Gasteiger partial charge in [0.2, 0.25) is 5.91 Å². The van der Waals surface area contributed by atoms with E-state index in [9.17, 15) is 9.59 Å². The first-order valence-corrected chi connectivity index (χ1v) is 13.2. The van der Waals surface area contributed by atoms with Crippen molar-refractivity contribution < 1.29 is 14.3 Å². The molecule has 6 nitrogen and oxygen atoms in total. The Kier molecular flexibility index (Phi) is 7.89. The Labute approximate surface area is 227 Å². The minimum atomic E-state index is -0.209. The van der Waals surface area contributed by atoms with E-state index in [0.717, 1.165) is 16.5 Å². The molecule has 5 rings (SSSR count). The van der Waals surface area contributed by atoms with Crippen LogP contribution in [0.25, 0.3) is 10.9 Å². The van der Waals surface area contributed by atoms with Crippen molar-refractivity contribution in [3.63, 3.8) is 0 Å². The number of pyridine rings is 1. The zero-order valence-electron chi connectivity index (χ0n) is 21.3. The van der Waals surface area contributed by atoms with E-state index in [4.69, 9.17) is 16.3 Å². The van der Waals surface area contributed by atoms with Crippen LogP contribution in [-0.2, 0) is 11.3 Å². The first-order chi connectivity index (χ1) is 18.5. The molecule has 2 atom stereocenters. The molecule has 3 aromatic carbocycles. The van der Waals surface area contributed by atoms with Crippen LogP contribution in [0.1, 0.15) is 28.9 Å². The average molecular weight is 528 g/mol. The van der Waals surface area contributed by atoms with Gasteiger partial charge < -0.3 is 14.5 Å². The van der Waals surface area contributed by atoms with Gasteiger partial charge in [0.05, 0.1) is 5.52 Å². The number of ether oxygens (including phenoxy) is 1. The molecule has 1 saturated heterocycles. The Hall–Kier alpha value is -3.90. The van der Waals surface area contributed by atoms with Crippen LogP contribution in [0.2, 0.25) is 5.02 Å². The maximum Gasteiger partial charge on any atom is 0.272 e. The normalized spacial score (nSPS) is 17.3. The minimum Gasteiger partial charge on any atom is -0.490 e. The van der Waals surface area contributed by atoms with Gasteiger partial charge in [-0.3, -0.25) is 9.59 Å². The molecule has 4 aromatic rings. The summed E-state index contributed by atoms with van der Waals surface area (Å²) in [7, 11) is 1.81. The van der Waals surface area contributed by atoms with Crippen LogP contribution in [-0.4, -0.2) is 52.8 Å². The number of aromatic nitrogens is 1. The Morgan fingerprint density at radius 2 is 1.71 bits per heavy atom. The van der Waals surface area contributed by atoms with Crippen molar-refractivity contribution in [2.45, 2.75) is 25.5 Å². The summed E-state index contributed by atoms with van der Waals surface area (Å²) in [5.74, 6) is 0.414. The fraction of sp³-hybridized carbons (Fsp3) is 0.258. The minimum absolute atomic E-state index is 0.0155. The summed E-state index contributed by atoms with van der Waals surface area (Å²) in [6.45, 7) is 1.46. The number of carbonyl (C=O) groups excluding carboxylic acids is 2. The highest BCUT2D eigenvalue weighted by Gasteiger charge is 2.35. The predicted molar refractivity (Wildman–Crippen MR) is 149 cm³/mol. The van der Waals surface area contributed by atoms with Crippen LogP contribution in [0.4, 0.5) is 0 Å². The zero-order valence-corrected chi connectivity index (χ0v) is 22.1. The summed E-state index contributed by atoms with van der Waals surface area (Å²) >= 11 is 6.05. The van der Waals surface area contributed by atoms with Crippen LogP contribution >= 0.6 is 11.6 Å². The summed E-state index contributed by atoms with van der Waals surface area (Å²) in [6.07, 6.45) is 0.678. The van der Waals surface area contributed by atoms with Gasteiger partial charge in [-0.15, -0.1) is 0 Å². The second kappa shape index (κ2) is 11.7. The lowest BCUT2D eigenvalue weighted by molar-refractivity contribution is -0.132. The summed E-state index contributed by atoms with van der Waals surface area (Å²) in [5.41, 5.74) is 2.26. The number of amides is 2. The van der Waals surface area contributed by atoms with Crippen LogP contribution in [0.5, 0.6) is 5.75 Å². The topological polar surface area (TPSA) is 62.7 Å². The molecule has 194 valence electrons. The van der Waals surface area contributed by atoms with E-state index >= 15 is 0 Å². The lowest BCUT2D eigenvalue weighted by Crippen LogP contribution is -2.49. The van der Waals surface area contributed by atoms with Gasteiger partial charge in [0.25, 0.3) is 5.91 Å². The number of hydrogen-bond donors (Lipinski definition) is 0. The molecule has 0 unspecified atom stereocenters. The number of fused-ring (bicyclic) bond motifs is 1. The summed E-state index contributed by atoms with van der Waals surface area (Å²) in [6, 6.07) is 28.6. The maximum absolute atomic E-state index is 13.5. The third-order valence-electron chi connectivity index (χ3n) is 7.00. The van der Waals surface area contributed by atoms with E-state index in [1.807, 2.05) is 79.8 Å². The number of halogens is 1. The molecule has 1 fully saturated rings. The SMILES string of the molecule is CN(Cc1ccccc1)C(=O)C[C@H]1CN(C(=O)c2ccc3ccccc3n2)CC[C@@H]1Oc1ccc(Cl)cc1. The van der Waals surface area contributed by atoms with Gasteiger partial charge in [0, 0.05) is 55.9 Å². The number of benzene rings is 3. The number of hydrogen-bond acceptors (Lipinski definition) is 4. The fourth-order valence-corrected chi connectivity index (χ4v) is 5.03. The molecule has 0 bridgehead atoms. The van der Waals surface area contributed by atoms with Crippen molar-refractivity contribution in [2.75, 3.05) is 20.1 Å². The van der Waals surface area contributed by atoms with E-state index in [-0.39, 0.29) is 30.3 Å². The molecule has 0 aliphatic carbocycles. The number of rotatable bonds is 7. The van der Waals surface area contributed by atoms with Crippen LogP contribution in [0.15, 0.2) is 91.0 Å². The number of para-hydroxylation sites is 1. The molecular formula is C31H30ClN3O3. The first kappa shape index (κ1) is 25.7. The van der Waals surface area contributed by atoms with E-state index in [1.54, 1.807) is 28.0 Å². The number of carbonyl (C=O) groups is 2. The number of piperidine rings is 1. The third-order valence-corrected chi connectivity index (χ3v) is 7.25. The smallest absolute Gasteiger partial charge is 0.272 e. The summed E-state index contributed by atoms with van der Waals surface area (Å²) in [4.78, 5) is 34.9. The molecule has 0 radical (unpaired) electrons. The van der Waals surface area contributed by atoms with Crippen LogP contribution in [0.3, 0.4) is 0 Å². The number of nitrogens with zero attached hydrogens (tertiary/aromatic N) is 3.